The molecule has 0 saturated carbocycles. The van der Waals surface area contributed by atoms with Crippen molar-refractivity contribution in [2.75, 3.05) is 25.9 Å². The van der Waals surface area contributed by atoms with Crippen LogP contribution in [0.2, 0.25) is 0 Å². The van der Waals surface area contributed by atoms with Gasteiger partial charge in [-0.2, -0.15) is 0 Å². The SMILES string of the molecule is CCCNC(=S)N1CCCN1C(=O)c1ccccc1S(C)(=O)=O. The van der Waals surface area contributed by atoms with Crippen LogP contribution in [-0.2, 0) is 9.84 Å². The quantitative estimate of drug-likeness (QED) is 0.824. The van der Waals surface area contributed by atoms with E-state index in [1.165, 1.54) is 17.1 Å². The van der Waals surface area contributed by atoms with Crippen LogP contribution in [0.1, 0.15) is 30.1 Å². The summed E-state index contributed by atoms with van der Waals surface area (Å²) in [5.41, 5.74) is 0.181. The van der Waals surface area contributed by atoms with Crippen molar-refractivity contribution in [2.45, 2.75) is 24.7 Å². The van der Waals surface area contributed by atoms with Gasteiger partial charge in [0.2, 0.25) is 0 Å². The molecule has 2 rings (SSSR count). The van der Waals surface area contributed by atoms with Gasteiger partial charge in [-0.05, 0) is 37.2 Å². The van der Waals surface area contributed by atoms with Crippen molar-refractivity contribution in [3.8, 4) is 0 Å². The van der Waals surface area contributed by atoms with Crippen LogP contribution in [0.25, 0.3) is 0 Å². The van der Waals surface area contributed by atoms with E-state index in [1.807, 2.05) is 6.92 Å². The lowest BCUT2D eigenvalue weighted by atomic mass is 10.2. The van der Waals surface area contributed by atoms with Crippen molar-refractivity contribution in [1.29, 1.82) is 0 Å². The molecule has 1 amide bonds. The Balaban J connectivity index is 2.28. The third kappa shape index (κ3) is 4.00. The number of nitrogens with one attached hydrogen (secondary N) is 1. The van der Waals surface area contributed by atoms with Gasteiger partial charge in [-0.3, -0.25) is 9.80 Å². The molecule has 0 aromatic heterocycles. The molecule has 0 atom stereocenters. The summed E-state index contributed by atoms with van der Waals surface area (Å²) in [4.78, 5) is 12.9. The highest BCUT2D eigenvalue weighted by Crippen LogP contribution is 2.21. The minimum Gasteiger partial charge on any atom is -0.361 e. The fourth-order valence-corrected chi connectivity index (χ4v) is 3.64. The maximum Gasteiger partial charge on any atom is 0.273 e. The summed E-state index contributed by atoms with van der Waals surface area (Å²) in [7, 11) is -3.47. The molecule has 1 aromatic rings. The normalized spacial score (nSPS) is 14.9. The van der Waals surface area contributed by atoms with E-state index >= 15 is 0 Å². The van der Waals surface area contributed by atoms with E-state index in [1.54, 1.807) is 17.1 Å². The van der Waals surface area contributed by atoms with Crippen LogP contribution in [0.4, 0.5) is 0 Å². The number of hydrazine groups is 1. The summed E-state index contributed by atoms with van der Waals surface area (Å²) in [6.45, 7) is 3.93. The van der Waals surface area contributed by atoms with Crippen LogP contribution in [0.3, 0.4) is 0 Å². The average molecular weight is 355 g/mol. The van der Waals surface area contributed by atoms with E-state index < -0.39 is 9.84 Å². The second kappa shape index (κ2) is 7.27. The first kappa shape index (κ1) is 17.7. The Hall–Kier alpha value is -1.67. The Morgan fingerprint density at radius 1 is 1.26 bits per heavy atom. The minimum absolute atomic E-state index is 0.0456. The fourth-order valence-electron chi connectivity index (χ4n) is 2.46. The number of sulfone groups is 1. The molecule has 1 fully saturated rings. The van der Waals surface area contributed by atoms with E-state index in [4.69, 9.17) is 12.2 Å². The predicted molar refractivity (Wildman–Crippen MR) is 92.8 cm³/mol. The van der Waals surface area contributed by atoms with Crippen molar-refractivity contribution in [1.82, 2.24) is 15.3 Å². The Bertz CT molecular complexity index is 704. The average Bonchev–Trinajstić information content (AvgIpc) is 3.00. The monoisotopic (exact) mass is 355 g/mol. The van der Waals surface area contributed by atoms with E-state index in [9.17, 15) is 13.2 Å². The Labute approximate surface area is 142 Å². The lowest BCUT2D eigenvalue weighted by Gasteiger charge is -2.30. The molecule has 126 valence electrons. The van der Waals surface area contributed by atoms with Gasteiger partial charge >= 0.3 is 0 Å². The first-order valence-corrected chi connectivity index (χ1v) is 9.82. The van der Waals surface area contributed by atoms with Crippen LogP contribution in [0, 0.1) is 0 Å². The van der Waals surface area contributed by atoms with Crippen molar-refractivity contribution in [3.63, 3.8) is 0 Å². The number of amides is 1. The molecule has 6 nitrogen and oxygen atoms in total. The summed E-state index contributed by atoms with van der Waals surface area (Å²) >= 11 is 5.33. The van der Waals surface area contributed by atoms with Gasteiger partial charge in [0.15, 0.2) is 14.9 Å². The van der Waals surface area contributed by atoms with Gasteiger partial charge in [-0.15, -0.1) is 0 Å². The zero-order chi connectivity index (χ0) is 17.0. The Morgan fingerprint density at radius 3 is 2.57 bits per heavy atom. The number of carbonyl (C=O) groups excluding carboxylic acids is 1. The summed E-state index contributed by atoms with van der Waals surface area (Å²) in [5.74, 6) is -0.343. The number of nitrogens with zero attached hydrogens (tertiary/aromatic N) is 2. The summed E-state index contributed by atoms with van der Waals surface area (Å²) in [5, 5.41) is 6.83. The zero-order valence-electron chi connectivity index (χ0n) is 13.3. The van der Waals surface area contributed by atoms with Gasteiger partial charge in [0.25, 0.3) is 5.91 Å². The molecule has 0 radical (unpaired) electrons. The molecule has 8 heteroatoms. The van der Waals surface area contributed by atoms with E-state index in [0.717, 1.165) is 25.6 Å². The van der Waals surface area contributed by atoms with E-state index in [2.05, 4.69) is 5.32 Å². The fraction of sp³-hybridized carbons (Fsp3) is 0.467. The number of carbonyl (C=O) groups is 1. The Morgan fingerprint density at radius 2 is 1.91 bits per heavy atom. The highest BCUT2D eigenvalue weighted by molar-refractivity contribution is 7.90. The first-order valence-electron chi connectivity index (χ1n) is 7.52. The van der Waals surface area contributed by atoms with Crippen molar-refractivity contribution < 1.29 is 13.2 Å². The van der Waals surface area contributed by atoms with Crippen LogP contribution in [0.15, 0.2) is 29.2 Å². The highest BCUT2D eigenvalue weighted by Gasteiger charge is 2.31. The molecular weight excluding hydrogens is 334 g/mol. The maximum atomic E-state index is 12.8. The molecule has 1 aromatic carbocycles. The molecule has 1 aliphatic heterocycles. The molecule has 0 aliphatic carbocycles. The van der Waals surface area contributed by atoms with E-state index in [0.29, 0.717) is 18.2 Å². The van der Waals surface area contributed by atoms with Crippen molar-refractivity contribution in [3.05, 3.63) is 29.8 Å². The number of hydrogen-bond donors (Lipinski definition) is 1. The molecule has 1 aliphatic rings. The lowest BCUT2D eigenvalue weighted by Crippen LogP contribution is -2.49. The van der Waals surface area contributed by atoms with Gasteiger partial charge in [0, 0.05) is 25.9 Å². The molecule has 1 saturated heterocycles. The van der Waals surface area contributed by atoms with Crippen LogP contribution in [-0.4, -0.2) is 55.3 Å². The summed E-state index contributed by atoms with van der Waals surface area (Å²) in [6, 6.07) is 6.27. The standard InChI is InChI=1S/C15H21N3O3S2/c1-3-9-16-15(22)18-11-6-10-17(18)14(19)12-7-4-5-8-13(12)23(2,20)21/h4-5,7-8H,3,6,9-11H2,1-2H3,(H,16,22). The van der Waals surface area contributed by atoms with Crippen molar-refractivity contribution >= 4 is 33.1 Å². The molecular formula is C15H21N3O3S2. The molecule has 23 heavy (non-hydrogen) atoms. The van der Waals surface area contributed by atoms with Gasteiger partial charge in [0.1, 0.15) is 0 Å². The molecule has 0 spiro atoms. The molecule has 1 N–H and O–H groups in total. The second-order valence-electron chi connectivity index (χ2n) is 5.41. The van der Waals surface area contributed by atoms with Gasteiger partial charge in [-0.25, -0.2) is 13.4 Å². The van der Waals surface area contributed by atoms with Gasteiger partial charge in [0.05, 0.1) is 10.5 Å². The summed E-state index contributed by atoms with van der Waals surface area (Å²) < 4.78 is 23.8. The molecule has 0 bridgehead atoms. The highest BCUT2D eigenvalue weighted by atomic mass is 32.2. The smallest absolute Gasteiger partial charge is 0.273 e. The van der Waals surface area contributed by atoms with Crippen LogP contribution < -0.4 is 5.32 Å². The lowest BCUT2D eigenvalue weighted by molar-refractivity contribution is 0.0488. The van der Waals surface area contributed by atoms with E-state index in [-0.39, 0.29) is 16.4 Å². The van der Waals surface area contributed by atoms with Crippen LogP contribution in [0.5, 0.6) is 0 Å². The Kier molecular flexibility index (Phi) is 5.59. The molecule has 0 unspecified atom stereocenters. The predicted octanol–water partition coefficient (Wildman–Crippen LogP) is 1.44. The number of hydrogen-bond acceptors (Lipinski definition) is 4. The van der Waals surface area contributed by atoms with Gasteiger partial charge < -0.3 is 5.32 Å². The molecule has 1 heterocycles. The minimum atomic E-state index is -3.47. The number of rotatable bonds is 4. The maximum absolute atomic E-state index is 12.8. The topological polar surface area (TPSA) is 69.7 Å². The third-order valence-corrected chi connectivity index (χ3v) is 5.05. The number of benzene rings is 1. The van der Waals surface area contributed by atoms with Crippen LogP contribution >= 0.6 is 12.2 Å². The third-order valence-electron chi connectivity index (χ3n) is 3.54. The number of thiocarbonyl (C=S) groups is 1. The zero-order valence-corrected chi connectivity index (χ0v) is 14.9. The second-order valence-corrected chi connectivity index (χ2v) is 7.78. The van der Waals surface area contributed by atoms with Crippen molar-refractivity contribution in [2.24, 2.45) is 0 Å². The largest absolute Gasteiger partial charge is 0.361 e. The van der Waals surface area contributed by atoms with Gasteiger partial charge in [-0.1, -0.05) is 19.1 Å². The summed E-state index contributed by atoms with van der Waals surface area (Å²) in [6.07, 6.45) is 2.83. The first-order chi connectivity index (χ1) is 10.9.